The molecule has 1 amide bonds. The van der Waals surface area contributed by atoms with Gasteiger partial charge in [-0.1, -0.05) is 18.2 Å². The van der Waals surface area contributed by atoms with Gasteiger partial charge in [-0.25, -0.2) is 4.57 Å². The number of hydrogen-bond donors (Lipinski definition) is 1. The molecule has 6 atom stereocenters. The van der Waals surface area contributed by atoms with Crippen molar-refractivity contribution in [1.29, 1.82) is 0 Å². The third-order valence-electron chi connectivity index (χ3n) is 5.74. The summed E-state index contributed by atoms with van der Waals surface area (Å²) in [5, 5.41) is 2.62. The van der Waals surface area contributed by atoms with Crippen LogP contribution < -0.4 is 9.61 Å². The Labute approximate surface area is 203 Å². The monoisotopic (exact) mass is 508 g/mol. The Bertz CT molecular complexity index is 1060. The van der Waals surface area contributed by atoms with Crippen LogP contribution in [0.2, 0.25) is 0 Å². The number of fused-ring (bicyclic) bond motifs is 1. The topological polar surface area (TPSA) is 133 Å². The number of epoxide rings is 1. The van der Waals surface area contributed by atoms with E-state index in [1.807, 2.05) is 0 Å². The Morgan fingerprint density at radius 2 is 1.97 bits per heavy atom. The molecule has 1 aromatic carbocycles. The summed E-state index contributed by atoms with van der Waals surface area (Å²) in [7, 11) is -4.08. The van der Waals surface area contributed by atoms with E-state index < -0.39 is 49.7 Å². The van der Waals surface area contributed by atoms with E-state index in [-0.39, 0.29) is 30.7 Å². The van der Waals surface area contributed by atoms with Crippen molar-refractivity contribution >= 4 is 25.4 Å². The van der Waals surface area contributed by atoms with Gasteiger partial charge in [-0.05, 0) is 45.9 Å². The van der Waals surface area contributed by atoms with E-state index in [1.54, 1.807) is 51.1 Å². The lowest BCUT2D eigenvalue weighted by atomic mass is 10.0. The quantitative estimate of drug-likeness (QED) is 0.217. The van der Waals surface area contributed by atoms with Gasteiger partial charge in [0, 0.05) is 6.20 Å². The molecule has 3 aliphatic heterocycles. The Morgan fingerprint density at radius 3 is 2.63 bits per heavy atom. The van der Waals surface area contributed by atoms with E-state index in [1.165, 1.54) is 24.1 Å². The van der Waals surface area contributed by atoms with Crippen molar-refractivity contribution in [2.75, 3.05) is 6.61 Å². The van der Waals surface area contributed by atoms with Crippen molar-refractivity contribution in [3.05, 3.63) is 42.6 Å². The number of para-hydroxylation sites is 1. The number of carbonyl (C=O) groups is 3. The lowest BCUT2D eigenvalue weighted by Gasteiger charge is -2.31. The summed E-state index contributed by atoms with van der Waals surface area (Å²) in [6.07, 6.45) is 0.263. The lowest BCUT2D eigenvalue weighted by molar-refractivity contribution is -0.156. The van der Waals surface area contributed by atoms with Crippen LogP contribution in [0.15, 0.2) is 42.6 Å². The van der Waals surface area contributed by atoms with Crippen LogP contribution in [0.25, 0.3) is 0 Å². The maximum atomic E-state index is 13.6. The zero-order valence-electron chi connectivity index (χ0n) is 19.9. The largest absolute Gasteiger partial charge is 0.462 e. The van der Waals surface area contributed by atoms with Crippen LogP contribution in [0.3, 0.4) is 0 Å². The standard InChI is InChI=1S/C23H29N2O9P/c1-14(2)31-21(28)15(3)24-35(29,34-17-8-6-5-7-9-17)30-13-18-20-23(4,33-20)22(32-18)25-11-10-16(26)12-19(25)27/h5-11,14-15,18,20,22H,12-13H2,1-4H3,(H,24,29)/t15-,18+,20-,22+,23-,35-/m0/s1. The average molecular weight is 508 g/mol. The van der Waals surface area contributed by atoms with E-state index in [4.69, 9.17) is 23.3 Å². The number of amides is 1. The zero-order valence-corrected chi connectivity index (χ0v) is 20.8. The molecular weight excluding hydrogens is 479 g/mol. The first-order valence-electron chi connectivity index (χ1n) is 11.3. The van der Waals surface area contributed by atoms with Crippen molar-refractivity contribution in [1.82, 2.24) is 9.99 Å². The molecule has 0 aliphatic carbocycles. The first-order chi connectivity index (χ1) is 16.5. The van der Waals surface area contributed by atoms with Crippen LogP contribution in [0.1, 0.15) is 34.1 Å². The van der Waals surface area contributed by atoms with Crippen molar-refractivity contribution in [2.24, 2.45) is 0 Å². The molecule has 3 aliphatic rings. The van der Waals surface area contributed by atoms with Gasteiger partial charge in [0.1, 0.15) is 29.6 Å². The van der Waals surface area contributed by atoms with Gasteiger partial charge in [-0.15, -0.1) is 0 Å². The molecule has 1 aromatic rings. The maximum absolute atomic E-state index is 13.6. The summed E-state index contributed by atoms with van der Waals surface area (Å²) >= 11 is 0. The maximum Gasteiger partial charge on any atom is 0.459 e. The summed E-state index contributed by atoms with van der Waals surface area (Å²) in [5.41, 5.74) is -0.791. The Kier molecular flexibility index (Phi) is 7.17. The molecule has 0 saturated carbocycles. The number of nitrogens with one attached hydrogen (secondary N) is 1. The SMILES string of the molecule is CC(C)OC(=O)[C@H](C)N[P@](=O)(OC[C@H]1O[C@@H](N2C=CC(=O)CC2=O)[C@@]2(C)O[C@@H]12)Oc1ccccc1. The minimum atomic E-state index is -4.08. The predicted molar refractivity (Wildman–Crippen MR) is 122 cm³/mol. The molecule has 12 heteroatoms. The van der Waals surface area contributed by atoms with Crippen LogP contribution in [0.4, 0.5) is 0 Å². The van der Waals surface area contributed by atoms with Crippen molar-refractivity contribution in [2.45, 2.75) is 70.3 Å². The zero-order chi connectivity index (χ0) is 25.4. The normalized spacial score (nSPS) is 30.1. The molecule has 4 rings (SSSR count). The predicted octanol–water partition coefficient (Wildman–Crippen LogP) is 2.32. The summed E-state index contributed by atoms with van der Waals surface area (Å²) in [6, 6.07) is 7.41. The van der Waals surface area contributed by atoms with E-state index >= 15 is 0 Å². The van der Waals surface area contributed by atoms with Gasteiger partial charge in [-0.3, -0.25) is 23.8 Å². The van der Waals surface area contributed by atoms with Crippen LogP contribution in [0, 0.1) is 0 Å². The van der Waals surface area contributed by atoms with Gasteiger partial charge in [0.15, 0.2) is 12.0 Å². The number of hydrogen-bond acceptors (Lipinski definition) is 9. The van der Waals surface area contributed by atoms with Gasteiger partial charge in [0.05, 0.1) is 19.1 Å². The van der Waals surface area contributed by atoms with E-state index in [0.29, 0.717) is 0 Å². The number of carbonyl (C=O) groups excluding carboxylic acids is 3. The molecule has 35 heavy (non-hydrogen) atoms. The van der Waals surface area contributed by atoms with Crippen molar-refractivity contribution < 1.29 is 42.2 Å². The summed E-state index contributed by atoms with van der Waals surface area (Å²) in [4.78, 5) is 37.5. The van der Waals surface area contributed by atoms with E-state index in [0.717, 1.165) is 0 Å². The lowest BCUT2D eigenvalue weighted by Crippen LogP contribution is -2.46. The smallest absolute Gasteiger partial charge is 0.459 e. The Morgan fingerprint density at radius 1 is 1.26 bits per heavy atom. The van der Waals surface area contributed by atoms with Gasteiger partial charge in [0.2, 0.25) is 5.91 Å². The third-order valence-corrected chi connectivity index (χ3v) is 7.39. The minimum absolute atomic E-state index is 0.204. The number of nitrogens with zero attached hydrogens (tertiary/aromatic N) is 1. The number of rotatable bonds is 10. The van der Waals surface area contributed by atoms with E-state index in [9.17, 15) is 18.9 Å². The summed E-state index contributed by atoms with van der Waals surface area (Å²) in [6.45, 7) is 6.50. The van der Waals surface area contributed by atoms with Gasteiger partial charge >= 0.3 is 13.7 Å². The van der Waals surface area contributed by atoms with Crippen LogP contribution in [-0.4, -0.2) is 65.3 Å². The number of esters is 1. The van der Waals surface area contributed by atoms with Crippen LogP contribution in [0.5, 0.6) is 5.75 Å². The molecular formula is C23H29N2O9P. The highest BCUT2D eigenvalue weighted by Gasteiger charge is 2.70. The fourth-order valence-corrected chi connectivity index (χ4v) is 5.49. The molecule has 1 N–H and O–H groups in total. The minimum Gasteiger partial charge on any atom is -0.462 e. The molecule has 0 bridgehead atoms. The Hall–Kier alpha value is -2.56. The fraction of sp³-hybridized carbons (Fsp3) is 0.522. The van der Waals surface area contributed by atoms with Gasteiger partial charge in [0.25, 0.3) is 0 Å². The second-order valence-corrected chi connectivity index (χ2v) is 10.7. The van der Waals surface area contributed by atoms with Crippen LogP contribution >= 0.6 is 7.75 Å². The number of benzene rings is 1. The van der Waals surface area contributed by atoms with Gasteiger partial charge < -0.3 is 18.7 Å². The molecule has 0 spiro atoms. The molecule has 0 radical (unpaired) electrons. The molecule has 190 valence electrons. The number of ether oxygens (including phenoxy) is 3. The molecule has 2 saturated heterocycles. The number of allylic oxidation sites excluding steroid dienone is 1. The second kappa shape index (κ2) is 9.83. The fourth-order valence-electron chi connectivity index (χ4n) is 3.98. The second-order valence-electron chi connectivity index (χ2n) is 9.04. The third kappa shape index (κ3) is 5.65. The summed E-state index contributed by atoms with van der Waals surface area (Å²) in [5.74, 6) is -1.01. The molecule has 3 heterocycles. The van der Waals surface area contributed by atoms with Gasteiger partial charge in [-0.2, -0.15) is 5.09 Å². The average Bonchev–Trinajstić information content (AvgIpc) is 3.39. The molecule has 2 fully saturated rings. The van der Waals surface area contributed by atoms with E-state index in [2.05, 4.69) is 5.09 Å². The highest BCUT2D eigenvalue weighted by atomic mass is 31.2. The Balaban J connectivity index is 1.45. The van der Waals surface area contributed by atoms with Crippen LogP contribution in [-0.2, 0) is 37.7 Å². The highest BCUT2D eigenvalue weighted by Crippen LogP contribution is 2.53. The highest BCUT2D eigenvalue weighted by molar-refractivity contribution is 7.52. The molecule has 0 aromatic heterocycles. The van der Waals surface area contributed by atoms with Crippen molar-refractivity contribution in [3.63, 3.8) is 0 Å². The first-order valence-corrected chi connectivity index (χ1v) is 12.9. The number of ketones is 1. The van der Waals surface area contributed by atoms with Crippen molar-refractivity contribution in [3.8, 4) is 5.75 Å². The first kappa shape index (κ1) is 25.5. The molecule has 0 unspecified atom stereocenters. The summed E-state index contributed by atoms with van der Waals surface area (Å²) < 4.78 is 42.0. The molecule has 11 nitrogen and oxygen atoms in total.